The third-order valence-electron chi connectivity index (χ3n) is 2.31. The lowest BCUT2D eigenvalue weighted by atomic mass is 10.0. The molecule has 1 rings (SSSR count). The molecule has 0 saturated heterocycles. The van der Waals surface area contributed by atoms with Crippen LogP contribution in [0.1, 0.15) is 18.4 Å². The summed E-state index contributed by atoms with van der Waals surface area (Å²) in [4.78, 5) is 21.3. The molecule has 0 heterocycles. The number of nitro groups is 1. The van der Waals surface area contributed by atoms with Gasteiger partial charge in [0.2, 0.25) is 0 Å². The van der Waals surface area contributed by atoms with Crippen LogP contribution in [0.5, 0.6) is 0 Å². The number of nitrogen functional groups attached to an aromatic ring is 1. The van der Waals surface area contributed by atoms with Gasteiger partial charge in [0.15, 0.2) is 0 Å². The highest BCUT2D eigenvalue weighted by Gasteiger charge is 2.20. The van der Waals surface area contributed by atoms with Crippen LogP contribution in [0.3, 0.4) is 0 Å². The lowest BCUT2D eigenvalue weighted by molar-refractivity contribution is -0.384. The first-order valence-electron chi connectivity index (χ1n) is 4.59. The zero-order valence-electron chi connectivity index (χ0n) is 8.97. The van der Waals surface area contributed by atoms with Gasteiger partial charge in [-0.3, -0.25) is 14.9 Å². The first-order valence-corrected chi connectivity index (χ1v) is 4.59. The van der Waals surface area contributed by atoms with E-state index in [-0.39, 0.29) is 11.4 Å². The van der Waals surface area contributed by atoms with Crippen molar-refractivity contribution in [1.82, 2.24) is 0 Å². The molecule has 0 bridgehead atoms. The van der Waals surface area contributed by atoms with Crippen LogP contribution < -0.4 is 5.73 Å². The monoisotopic (exact) mass is 224 g/mol. The summed E-state index contributed by atoms with van der Waals surface area (Å²) in [7, 11) is 1.27. The van der Waals surface area contributed by atoms with Crippen molar-refractivity contribution in [2.45, 2.75) is 12.8 Å². The Morgan fingerprint density at radius 1 is 1.56 bits per heavy atom. The summed E-state index contributed by atoms with van der Waals surface area (Å²) in [5.74, 6) is -0.997. The van der Waals surface area contributed by atoms with E-state index in [9.17, 15) is 14.9 Å². The van der Waals surface area contributed by atoms with E-state index >= 15 is 0 Å². The van der Waals surface area contributed by atoms with Crippen LogP contribution in [0.4, 0.5) is 11.4 Å². The van der Waals surface area contributed by atoms with Gasteiger partial charge in [0, 0.05) is 6.07 Å². The molecule has 1 atom stereocenters. The second kappa shape index (κ2) is 4.61. The molecule has 0 spiro atoms. The summed E-state index contributed by atoms with van der Waals surface area (Å²) in [5.41, 5.74) is 5.82. The van der Waals surface area contributed by atoms with Crippen LogP contribution in [0.25, 0.3) is 0 Å². The van der Waals surface area contributed by atoms with E-state index in [1.165, 1.54) is 19.2 Å². The molecule has 0 fully saturated rings. The number of rotatable bonds is 3. The molecule has 1 aromatic rings. The van der Waals surface area contributed by atoms with Gasteiger partial charge in [-0.2, -0.15) is 0 Å². The standard InChI is InChI=1S/C10H12N2O4/c1-6(10(13)16-2)7-3-4-8(11)9(5-7)12(14)15/h3-6H,11H2,1-2H3/t6-/m0/s1. The maximum Gasteiger partial charge on any atom is 0.312 e. The van der Waals surface area contributed by atoms with Crippen molar-refractivity contribution in [1.29, 1.82) is 0 Å². The predicted molar refractivity (Wildman–Crippen MR) is 57.9 cm³/mol. The molecule has 86 valence electrons. The van der Waals surface area contributed by atoms with Crippen LogP contribution in [0.15, 0.2) is 18.2 Å². The second-order valence-electron chi connectivity index (χ2n) is 3.32. The minimum Gasteiger partial charge on any atom is -0.469 e. The number of hydrogen-bond donors (Lipinski definition) is 1. The number of carbonyl (C=O) groups excluding carboxylic acids is 1. The minimum absolute atomic E-state index is 0.0748. The number of nitro benzene ring substituents is 1. The third kappa shape index (κ3) is 2.28. The predicted octanol–water partition coefficient (Wildman–Crippen LogP) is 1.45. The fourth-order valence-electron chi connectivity index (χ4n) is 1.30. The molecule has 0 aliphatic carbocycles. The maximum atomic E-state index is 11.3. The van der Waals surface area contributed by atoms with Crippen LogP contribution in [0.2, 0.25) is 0 Å². The largest absolute Gasteiger partial charge is 0.469 e. The highest BCUT2D eigenvalue weighted by Crippen LogP contribution is 2.26. The Morgan fingerprint density at radius 2 is 2.19 bits per heavy atom. The average Bonchev–Trinajstić information content (AvgIpc) is 2.27. The molecular formula is C10H12N2O4. The summed E-state index contributed by atoms with van der Waals surface area (Å²) in [5, 5.41) is 10.6. The highest BCUT2D eigenvalue weighted by molar-refractivity contribution is 5.78. The van der Waals surface area contributed by atoms with E-state index in [1.807, 2.05) is 0 Å². The molecule has 0 aliphatic heterocycles. The summed E-state index contributed by atoms with van der Waals surface area (Å²) in [6.07, 6.45) is 0. The van der Waals surface area contributed by atoms with E-state index < -0.39 is 16.8 Å². The van der Waals surface area contributed by atoms with Gasteiger partial charge in [-0.15, -0.1) is 0 Å². The third-order valence-corrected chi connectivity index (χ3v) is 2.31. The van der Waals surface area contributed by atoms with Crippen molar-refractivity contribution in [3.8, 4) is 0 Å². The molecule has 0 radical (unpaired) electrons. The summed E-state index contributed by atoms with van der Waals surface area (Å²) in [6, 6.07) is 4.27. The van der Waals surface area contributed by atoms with E-state index in [4.69, 9.17) is 5.73 Å². The molecule has 16 heavy (non-hydrogen) atoms. The topological polar surface area (TPSA) is 95.5 Å². The molecule has 2 N–H and O–H groups in total. The number of anilines is 1. The normalized spacial score (nSPS) is 11.9. The van der Waals surface area contributed by atoms with Crippen molar-refractivity contribution >= 4 is 17.3 Å². The van der Waals surface area contributed by atoms with Crippen molar-refractivity contribution in [2.24, 2.45) is 0 Å². The summed E-state index contributed by atoms with van der Waals surface area (Å²) >= 11 is 0. The van der Waals surface area contributed by atoms with Crippen molar-refractivity contribution < 1.29 is 14.5 Å². The molecule has 0 amide bonds. The van der Waals surface area contributed by atoms with Crippen LogP contribution in [0, 0.1) is 10.1 Å². The van der Waals surface area contributed by atoms with E-state index in [2.05, 4.69) is 4.74 Å². The smallest absolute Gasteiger partial charge is 0.312 e. The van der Waals surface area contributed by atoms with Gasteiger partial charge < -0.3 is 10.5 Å². The lowest BCUT2D eigenvalue weighted by Gasteiger charge is -2.09. The quantitative estimate of drug-likeness (QED) is 0.363. The Kier molecular flexibility index (Phi) is 3.44. The average molecular weight is 224 g/mol. The molecular weight excluding hydrogens is 212 g/mol. The van der Waals surface area contributed by atoms with Crippen LogP contribution in [-0.4, -0.2) is 18.0 Å². The zero-order chi connectivity index (χ0) is 12.3. The minimum atomic E-state index is -0.581. The van der Waals surface area contributed by atoms with Crippen molar-refractivity contribution in [2.75, 3.05) is 12.8 Å². The van der Waals surface area contributed by atoms with E-state index in [1.54, 1.807) is 13.0 Å². The van der Waals surface area contributed by atoms with Crippen LogP contribution in [-0.2, 0) is 9.53 Å². The SMILES string of the molecule is COC(=O)[C@@H](C)c1ccc(N)c([N+](=O)[O-])c1. The lowest BCUT2D eigenvalue weighted by Crippen LogP contribution is -2.11. The fourth-order valence-corrected chi connectivity index (χ4v) is 1.30. The Morgan fingerprint density at radius 3 is 2.69 bits per heavy atom. The molecule has 1 aromatic carbocycles. The number of nitrogens with two attached hydrogens (primary N) is 1. The van der Waals surface area contributed by atoms with Gasteiger partial charge in [0.05, 0.1) is 18.0 Å². The van der Waals surface area contributed by atoms with Crippen molar-refractivity contribution in [3.05, 3.63) is 33.9 Å². The molecule has 6 heteroatoms. The van der Waals surface area contributed by atoms with Crippen molar-refractivity contribution in [3.63, 3.8) is 0 Å². The van der Waals surface area contributed by atoms with Gasteiger partial charge in [0.1, 0.15) is 5.69 Å². The Bertz CT molecular complexity index is 431. The Hall–Kier alpha value is -2.11. The molecule has 0 aromatic heterocycles. The number of benzene rings is 1. The molecule has 0 aliphatic rings. The molecule has 0 saturated carbocycles. The van der Waals surface area contributed by atoms with Gasteiger partial charge in [-0.1, -0.05) is 6.07 Å². The van der Waals surface area contributed by atoms with Gasteiger partial charge in [-0.25, -0.2) is 0 Å². The number of carbonyl (C=O) groups is 1. The number of methoxy groups -OCH3 is 1. The summed E-state index contributed by atoms with van der Waals surface area (Å²) in [6.45, 7) is 1.61. The number of esters is 1. The number of hydrogen-bond acceptors (Lipinski definition) is 5. The first-order chi connectivity index (χ1) is 7.47. The first kappa shape index (κ1) is 12.0. The Labute approximate surface area is 92.2 Å². The van der Waals surface area contributed by atoms with E-state index in [0.29, 0.717) is 5.56 Å². The highest BCUT2D eigenvalue weighted by atomic mass is 16.6. The second-order valence-corrected chi connectivity index (χ2v) is 3.32. The van der Waals surface area contributed by atoms with Crippen LogP contribution >= 0.6 is 0 Å². The zero-order valence-corrected chi connectivity index (χ0v) is 8.97. The fraction of sp³-hybridized carbons (Fsp3) is 0.300. The number of ether oxygens (including phenoxy) is 1. The molecule has 0 unspecified atom stereocenters. The maximum absolute atomic E-state index is 11.3. The number of nitrogens with zero attached hydrogens (tertiary/aromatic N) is 1. The van der Waals surface area contributed by atoms with Gasteiger partial charge >= 0.3 is 5.97 Å². The Balaban J connectivity index is 3.12. The van der Waals surface area contributed by atoms with Gasteiger partial charge in [0.25, 0.3) is 5.69 Å². The van der Waals surface area contributed by atoms with Gasteiger partial charge in [-0.05, 0) is 18.6 Å². The molecule has 6 nitrogen and oxygen atoms in total. The van der Waals surface area contributed by atoms with E-state index in [0.717, 1.165) is 0 Å². The summed E-state index contributed by atoms with van der Waals surface area (Å²) < 4.78 is 4.56.